The maximum Gasteiger partial charge on any atom is 0.145 e. The Morgan fingerprint density at radius 3 is 2.56 bits per heavy atom. The fourth-order valence-corrected chi connectivity index (χ4v) is 3.84. The fraction of sp³-hybridized carbons (Fsp3) is 0.143. The molecule has 1 fully saturated rings. The smallest absolute Gasteiger partial charge is 0.145 e. The number of benzene rings is 3. The van der Waals surface area contributed by atoms with Crippen LogP contribution >= 0.6 is 12.6 Å². The molecule has 27 heavy (non-hydrogen) atoms. The second-order valence-corrected chi connectivity index (χ2v) is 7.30. The van der Waals surface area contributed by atoms with Gasteiger partial charge >= 0.3 is 0 Å². The fourth-order valence-electron chi connectivity index (χ4n) is 3.58. The second kappa shape index (κ2) is 6.03. The molecular formula is C21H17N3O2S. The summed E-state index contributed by atoms with van der Waals surface area (Å²) in [4.78, 5) is 0. The Balaban J connectivity index is 1.76. The summed E-state index contributed by atoms with van der Waals surface area (Å²) in [6, 6.07) is 17.3. The number of hydrogen-bond donors (Lipinski definition) is 3. The first-order valence-electron chi connectivity index (χ1n) is 8.82. The number of aromatic nitrogens is 3. The summed E-state index contributed by atoms with van der Waals surface area (Å²) in [5.74, 6) is 0.414. The van der Waals surface area contributed by atoms with Gasteiger partial charge < -0.3 is 10.2 Å². The van der Waals surface area contributed by atoms with Crippen molar-refractivity contribution in [3.8, 4) is 28.4 Å². The topological polar surface area (TPSA) is 71.2 Å². The molecule has 1 aliphatic carbocycles. The largest absolute Gasteiger partial charge is 0.508 e. The van der Waals surface area contributed by atoms with E-state index in [-0.39, 0.29) is 11.5 Å². The Morgan fingerprint density at radius 2 is 1.74 bits per heavy atom. The predicted octanol–water partition coefficient (Wildman–Crippen LogP) is 4.66. The molecule has 1 heterocycles. The molecule has 2 N–H and O–H groups in total. The van der Waals surface area contributed by atoms with Crippen LogP contribution < -0.4 is 0 Å². The van der Waals surface area contributed by atoms with Crippen molar-refractivity contribution in [2.45, 2.75) is 23.8 Å². The number of phenols is 2. The van der Waals surface area contributed by atoms with E-state index in [1.807, 2.05) is 42.5 Å². The van der Waals surface area contributed by atoms with Gasteiger partial charge in [-0.3, -0.25) is 0 Å². The van der Waals surface area contributed by atoms with E-state index >= 15 is 0 Å². The molecule has 5 rings (SSSR count). The maximum absolute atomic E-state index is 10.5. The van der Waals surface area contributed by atoms with Crippen LogP contribution in [0.2, 0.25) is 0 Å². The number of aromatic hydroxyl groups is 2. The lowest BCUT2D eigenvalue weighted by Gasteiger charge is -2.13. The number of rotatable bonds is 3. The minimum Gasteiger partial charge on any atom is -0.508 e. The highest BCUT2D eigenvalue weighted by Gasteiger charge is 2.28. The average molecular weight is 375 g/mol. The van der Waals surface area contributed by atoms with E-state index in [1.165, 1.54) is 6.07 Å². The molecule has 134 valence electrons. The number of hydrogen-bond acceptors (Lipinski definition) is 5. The van der Waals surface area contributed by atoms with Crippen molar-refractivity contribution in [1.29, 1.82) is 0 Å². The van der Waals surface area contributed by atoms with Crippen LogP contribution in [-0.2, 0) is 0 Å². The maximum atomic E-state index is 10.5. The lowest BCUT2D eigenvalue weighted by atomic mass is 10.0. The van der Waals surface area contributed by atoms with Crippen LogP contribution in [0.1, 0.15) is 24.3 Å². The number of thiol groups is 1. The summed E-state index contributed by atoms with van der Waals surface area (Å²) in [6.07, 6.45) is 2.09. The van der Waals surface area contributed by atoms with Crippen LogP contribution in [0.4, 0.5) is 0 Å². The van der Waals surface area contributed by atoms with Gasteiger partial charge in [0.1, 0.15) is 27.9 Å². The van der Waals surface area contributed by atoms with Gasteiger partial charge in [0.05, 0.1) is 0 Å². The van der Waals surface area contributed by atoms with Crippen molar-refractivity contribution < 1.29 is 10.2 Å². The molecule has 6 heteroatoms. The molecule has 0 unspecified atom stereocenters. The van der Waals surface area contributed by atoms with E-state index in [4.69, 9.17) is 0 Å². The van der Waals surface area contributed by atoms with E-state index in [1.54, 1.807) is 10.7 Å². The molecule has 0 spiro atoms. The zero-order valence-corrected chi connectivity index (χ0v) is 15.3. The van der Waals surface area contributed by atoms with Crippen molar-refractivity contribution in [1.82, 2.24) is 15.0 Å². The van der Waals surface area contributed by atoms with E-state index in [2.05, 4.69) is 22.9 Å². The van der Waals surface area contributed by atoms with Gasteiger partial charge in [-0.1, -0.05) is 47.7 Å². The normalized spacial score (nSPS) is 14.0. The molecule has 1 saturated carbocycles. The lowest BCUT2D eigenvalue weighted by Crippen LogP contribution is -2.01. The highest BCUT2D eigenvalue weighted by atomic mass is 32.1. The third-order valence-electron chi connectivity index (χ3n) is 5.07. The van der Waals surface area contributed by atoms with Crippen LogP contribution in [0.3, 0.4) is 0 Å². The quantitative estimate of drug-likeness (QED) is 0.455. The molecule has 0 atom stereocenters. The van der Waals surface area contributed by atoms with Gasteiger partial charge in [-0.05, 0) is 41.2 Å². The number of fused-ring (bicyclic) bond motifs is 1. The van der Waals surface area contributed by atoms with Gasteiger partial charge in [0.2, 0.25) is 0 Å². The summed E-state index contributed by atoms with van der Waals surface area (Å²) in [5.41, 5.74) is 2.97. The van der Waals surface area contributed by atoms with Crippen LogP contribution in [0.25, 0.3) is 27.7 Å². The first kappa shape index (κ1) is 16.2. The van der Waals surface area contributed by atoms with Gasteiger partial charge in [0.15, 0.2) is 0 Å². The van der Waals surface area contributed by atoms with Crippen molar-refractivity contribution in [3.63, 3.8) is 0 Å². The minimum atomic E-state index is -0.0448. The standard InChI is InChI=1S/C21H17N3O2S/c25-18-11-19(26)17(10-16(18)13-8-9-13)24-20(21(27)22-23-24)15-7-3-5-12-4-1-2-6-14(12)15/h1-7,10-11,13,25-27H,8-9H2. The van der Waals surface area contributed by atoms with Crippen LogP contribution in [0.15, 0.2) is 59.6 Å². The van der Waals surface area contributed by atoms with Gasteiger partial charge in [-0.2, -0.15) is 0 Å². The van der Waals surface area contributed by atoms with Crippen LogP contribution in [-0.4, -0.2) is 25.2 Å². The van der Waals surface area contributed by atoms with Gasteiger partial charge in [0.25, 0.3) is 0 Å². The van der Waals surface area contributed by atoms with Gasteiger partial charge in [-0.25, -0.2) is 4.68 Å². The van der Waals surface area contributed by atoms with Crippen LogP contribution in [0, 0.1) is 0 Å². The summed E-state index contributed by atoms with van der Waals surface area (Å²) >= 11 is 4.51. The SMILES string of the molecule is Oc1cc(O)c(-n2nnc(S)c2-c2cccc3ccccc23)cc1C1CC1. The summed E-state index contributed by atoms with van der Waals surface area (Å²) < 4.78 is 1.60. The molecule has 1 aromatic heterocycles. The Hall–Kier alpha value is -2.99. The Bertz CT molecular complexity index is 1180. The molecule has 0 bridgehead atoms. The Kier molecular flexibility index (Phi) is 3.62. The first-order chi connectivity index (χ1) is 13.1. The predicted molar refractivity (Wildman–Crippen MR) is 107 cm³/mol. The van der Waals surface area contributed by atoms with E-state index in [9.17, 15) is 10.2 Å². The molecule has 0 saturated heterocycles. The second-order valence-electron chi connectivity index (χ2n) is 6.87. The summed E-state index contributed by atoms with van der Waals surface area (Å²) in [6.45, 7) is 0. The summed E-state index contributed by atoms with van der Waals surface area (Å²) in [5, 5.41) is 31.7. The highest BCUT2D eigenvalue weighted by molar-refractivity contribution is 7.80. The molecule has 5 nitrogen and oxygen atoms in total. The van der Waals surface area contributed by atoms with Crippen molar-refractivity contribution >= 4 is 23.4 Å². The lowest BCUT2D eigenvalue weighted by molar-refractivity contribution is 0.443. The summed E-state index contributed by atoms with van der Waals surface area (Å²) in [7, 11) is 0. The molecule has 0 radical (unpaired) electrons. The third-order valence-corrected chi connectivity index (χ3v) is 5.37. The molecule has 4 aromatic rings. The minimum absolute atomic E-state index is 0.0448. The molecule has 0 aliphatic heterocycles. The van der Waals surface area contributed by atoms with Crippen molar-refractivity contribution in [2.24, 2.45) is 0 Å². The third kappa shape index (κ3) is 2.64. The van der Waals surface area contributed by atoms with Crippen molar-refractivity contribution in [3.05, 3.63) is 60.2 Å². The monoisotopic (exact) mass is 375 g/mol. The Labute approximate surface area is 161 Å². The van der Waals surface area contributed by atoms with E-state index in [0.717, 1.165) is 34.7 Å². The van der Waals surface area contributed by atoms with E-state index in [0.29, 0.717) is 22.3 Å². The first-order valence-corrected chi connectivity index (χ1v) is 9.27. The van der Waals surface area contributed by atoms with Gasteiger partial charge in [0, 0.05) is 11.6 Å². The molecule has 3 aromatic carbocycles. The average Bonchev–Trinajstić information content (AvgIpc) is 3.44. The molecule has 0 amide bonds. The zero-order valence-electron chi connectivity index (χ0n) is 14.4. The number of nitrogens with zero attached hydrogens (tertiary/aromatic N) is 3. The number of phenolic OH excluding ortho intramolecular Hbond substituents is 2. The van der Waals surface area contributed by atoms with Crippen LogP contribution in [0.5, 0.6) is 11.5 Å². The molecule has 1 aliphatic rings. The molecular weight excluding hydrogens is 358 g/mol. The van der Waals surface area contributed by atoms with Gasteiger partial charge in [-0.15, -0.1) is 17.7 Å². The van der Waals surface area contributed by atoms with E-state index < -0.39 is 0 Å². The Morgan fingerprint density at radius 1 is 0.963 bits per heavy atom. The zero-order chi connectivity index (χ0) is 18.5. The highest BCUT2D eigenvalue weighted by Crippen LogP contribution is 2.47. The van der Waals surface area contributed by atoms with Crippen molar-refractivity contribution in [2.75, 3.05) is 0 Å².